The number of imidazole rings is 1. The highest BCUT2D eigenvalue weighted by molar-refractivity contribution is 4.65. The van der Waals surface area contributed by atoms with E-state index >= 15 is 0 Å². The van der Waals surface area contributed by atoms with Gasteiger partial charge in [-0.05, 0) is 12.8 Å². The molecule has 0 radical (unpaired) electrons. The first-order valence-electron chi connectivity index (χ1n) is 4.84. The third-order valence-corrected chi connectivity index (χ3v) is 2.09. The predicted octanol–water partition coefficient (Wildman–Crippen LogP) is -25.1. The summed E-state index contributed by atoms with van der Waals surface area (Å²) in [7, 11) is 2.06. The number of hydrogen-bond donors (Lipinski definition) is 0. The van der Waals surface area contributed by atoms with E-state index in [1.807, 2.05) is 0 Å². The first-order chi connectivity index (χ1) is 5.83. The molecule has 140 valence electrons. The van der Waals surface area contributed by atoms with Gasteiger partial charge in [0.25, 0.3) is 0 Å². The van der Waals surface area contributed by atoms with E-state index in [2.05, 4.69) is 41.8 Å². The minimum Gasteiger partial charge on any atom is -1.00 e. The Morgan fingerprint density at radius 1 is 0.762 bits per heavy atom. The summed E-state index contributed by atoms with van der Waals surface area (Å²) in [6, 6.07) is 0. The average molecular weight is 886 g/mol. The van der Waals surface area contributed by atoms with Crippen LogP contribution in [0, 0.1) is 0 Å². The maximum atomic E-state index is 2.25. The van der Waals surface area contributed by atoms with Crippen molar-refractivity contribution in [1.29, 1.82) is 0 Å². The van der Waals surface area contributed by atoms with Crippen LogP contribution in [0.25, 0.3) is 0 Å². The zero-order valence-electron chi connectivity index (χ0n) is 11.6. The van der Waals surface area contributed by atoms with E-state index in [1.54, 1.807) is 0 Å². The summed E-state index contributed by atoms with van der Waals surface area (Å²) >= 11 is 0. The minimum atomic E-state index is 0. The number of aryl methyl sites for hydroxylation is 2. The van der Waals surface area contributed by atoms with Gasteiger partial charge in [0.1, 0.15) is 12.4 Å². The van der Waals surface area contributed by atoms with E-state index in [1.165, 1.54) is 32.2 Å². The highest BCUT2D eigenvalue weighted by Crippen LogP contribution is 2.00. The van der Waals surface area contributed by atoms with Crippen molar-refractivity contribution in [2.75, 3.05) is 0 Å². The summed E-state index contributed by atoms with van der Waals surface area (Å²) in [5, 5.41) is 0. The fraction of sp³-hybridized carbons (Fsp3) is 0.700. The van der Waals surface area contributed by atoms with E-state index in [0.29, 0.717) is 0 Å². The monoisotopic (exact) mass is 877 g/mol. The van der Waals surface area contributed by atoms with Crippen LogP contribution in [-0.4, -0.2) is 4.57 Å². The molecule has 11 heteroatoms. The normalized spacial score (nSPS) is 6.00. The molecule has 0 aliphatic heterocycles. The molecule has 21 heavy (non-hydrogen) atoms. The van der Waals surface area contributed by atoms with Crippen LogP contribution in [0.4, 0.5) is 0 Å². The summed E-state index contributed by atoms with van der Waals surface area (Å²) < 4.78 is 4.33. The summed E-state index contributed by atoms with van der Waals surface area (Å²) in [4.78, 5) is 0. The van der Waals surface area contributed by atoms with Crippen molar-refractivity contribution < 1.29 is 157 Å². The lowest BCUT2D eigenvalue weighted by atomic mass is 10.2. The van der Waals surface area contributed by atoms with Gasteiger partial charge in [0.05, 0.1) is 13.6 Å². The van der Waals surface area contributed by atoms with Gasteiger partial charge in [-0.3, -0.25) is 0 Å². The maximum Gasteiger partial charge on any atom is 0.243 e. The van der Waals surface area contributed by atoms with E-state index < -0.39 is 0 Å². The molecule has 0 atom stereocenters. The van der Waals surface area contributed by atoms with Gasteiger partial charge in [-0.1, -0.05) is 19.8 Å². The van der Waals surface area contributed by atoms with Crippen molar-refractivity contribution in [3.05, 3.63) is 18.7 Å². The van der Waals surface area contributed by atoms with Crippen LogP contribution < -0.4 is 157 Å². The molecule has 0 bridgehead atoms. The van der Waals surface area contributed by atoms with Gasteiger partial charge >= 0.3 is 0 Å². The quantitative estimate of drug-likeness (QED) is 0.206. The summed E-state index contributed by atoms with van der Waals surface area (Å²) in [6.45, 7) is 3.41. The number of unbranched alkanes of at least 4 members (excludes halogenated alkanes) is 3. The first-order valence-corrected chi connectivity index (χ1v) is 4.84. The smallest absolute Gasteiger partial charge is 0.243 e. The van der Waals surface area contributed by atoms with Crippen LogP contribution in [0.15, 0.2) is 18.7 Å². The second-order valence-electron chi connectivity index (χ2n) is 3.38. The van der Waals surface area contributed by atoms with Crippen molar-refractivity contribution in [3.63, 3.8) is 0 Å². The Morgan fingerprint density at radius 3 is 1.57 bits per heavy atom. The van der Waals surface area contributed by atoms with Crippen molar-refractivity contribution >= 4 is 0 Å². The summed E-state index contributed by atoms with van der Waals surface area (Å²) in [5.74, 6) is 0. The third-order valence-electron chi connectivity index (χ3n) is 2.09. The summed E-state index contributed by atoms with van der Waals surface area (Å²) in [6.07, 6.45) is 11.7. The fourth-order valence-electron chi connectivity index (χ4n) is 1.36. The largest absolute Gasteiger partial charge is 1.00 e. The molecule has 0 aliphatic rings. The molecule has 0 unspecified atom stereocenters. The second kappa shape index (κ2) is 38.9. The minimum absolute atomic E-state index is 0. The van der Waals surface area contributed by atoms with E-state index in [-0.39, 0.29) is 153 Å². The topological polar surface area (TPSA) is 8.81 Å². The fourth-order valence-corrected chi connectivity index (χ4v) is 1.36. The molecular weight excluding hydrogens is 867 g/mol. The Kier molecular flexibility index (Phi) is 104. The molecule has 0 saturated heterocycles. The Labute approximate surface area is 223 Å². The number of nitrogens with zero attached hydrogens (tertiary/aromatic N) is 2. The number of hydrogen-bond acceptors (Lipinski definition) is 0. The van der Waals surface area contributed by atoms with Crippen LogP contribution in [-0.2, 0) is 13.6 Å². The lowest BCUT2D eigenvalue weighted by molar-refractivity contribution is -0.671. The Morgan fingerprint density at radius 2 is 1.24 bits per heavy atom. The lowest BCUT2D eigenvalue weighted by Gasteiger charge is -1.95. The molecule has 1 aromatic heterocycles. The van der Waals surface area contributed by atoms with Crippen molar-refractivity contribution in [2.24, 2.45) is 7.05 Å². The molecule has 0 N–H and O–H groups in total. The molecule has 2 nitrogen and oxygen atoms in total. The molecule has 1 heterocycles. The molecule has 0 aromatic carbocycles. The first kappa shape index (κ1) is 56.3. The number of halogens is 9. The Balaban J connectivity index is -0.0000000229. The van der Waals surface area contributed by atoms with Gasteiger partial charge in [-0.25, -0.2) is 9.13 Å². The molecule has 0 spiro atoms. The molecule has 0 amide bonds. The van der Waals surface area contributed by atoms with Crippen molar-refractivity contribution in [1.82, 2.24) is 4.57 Å². The zero-order chi connectivity index (χ0) is 8.81. The van der Waals surface area contributed by atoms with Gasteiger partial charge in [0, 0.05) is 0 Å². The van der Waals surface area contributed by atoms with Crippen LogP contribution >= 0.6 is 0 Å². The van der Waals surface area contributed by atoms with E-state index in [9.17, 15) is 0 Å². The van der Waals surface area contributed by atoms with Crippen LogP contribution in [0.3, 0.4) is 0 Å². The maximum absolute atomic E-state index is 2.25. The Bertz CT molecular complexity index is 236. The highest BCUT2D eigenvalue weighted by Gasteiger charge is 1.97. The third kappa shape index (κ3) is 31.8. The van der Waals surface area contributed by atoms with Crippen LogP contribution in [0.2, 0.25) is 0 Å². The highest BCUT2D eigenvalue weighted by atomic mass is 79.9. The molecule has 0 saturated carbocycles. The van der Waals surface area contributed by atoms with E-state index in [4.69, 9.17) is 0 Å². The van der Waals surface area contributed by atoms with Gasteiger partial charge in [-0.2, -0.15) is 0 Å². The second-order valence-corrected chi connectivity index (χ2v) is 3.38. The van der Waals surface area contributed by atoms with Gasteiger partial charge < -0.3 is 153 Å². The Hall–Kier alpha value is 3.53. The van der Waals surface area contributed by atoms with Gasteiger partial charge in [-0.15, -0.1) is 0 Å². The standard InChI is InChI=1S/C10H19N2.9BrH/c1-3-4-5-6-7-12-9-8-11(2)10-12;;;;;;;;;/h8-10H,3-7H2,1-2H3;9*1H/q+1;;;;;;;;;/p-9. The summed E-state index contributed by atoms with van der Waals surface area (Å²) in [5.41, 5.74) is 0. The molecule has 1 rings (SSSR count). The number of aromatic nitrogens is 2. The molecular formula is C10H19Br9N2-8. The average Bonchev–Trinajstić information content (AvgIpc) is 2.45. The number of rotatable bonds is 5. The molecule has 0 fully saturated rings. The zero-order valence-corrected chi connectivity index (χ0v) is 25.8. The lowest BCUT2D eigenvalue weighted by Crippen LogP contribution is -3.00. The predicted molar refractivity (Wildman–Crippen MR) is 49.8 cm³/mol. The SMILES string of the molecule is CCCCCCn1cc[n+](C)c1.[Br-].[Br-].[Br-].[Br-].[Br-].[Br-].[Br-].[Br-].[Br-]. The van der Waals surface area contributed by atoms with Gasteiger partial charge in [0.2, 0.25) is 6.33 Å². The molecule has 1 aromatic rings. The van der Waals surface area contributed by atoms with E-state index in [0.717, 1.165) is 0 Å². The van der Waals surface area contributed by atoms with Crippen molar-refractivity contribution in [2.45, 2.75) is 39.2 Å². The molecule has 0 aliphatic carbocycles. The van der Waals surface area contributed by atoms with Crippen molar-refractivity contribution in [3.8, 4) is 0 Å². The van der Waals surface area contributed by atoms with Crippen LogP contribution in [0.1, 0.15) is 32.6 Å². The van der Waals surface area contributed by atoms with Gasteiger partial charge in [0.15, 0.2) is 0 Å². The van der Waals surface area contributed by atoms with Crippen LogP contribution in [0.5, 0.6) is 0 Å².